The minimum absolute atomic E-state index is 0.0594. The Morgan fingerprint density at radius 1 is 0.962 bits per heavy atom. The lowest BCUT2D eigenvalue weighted by molar-refractivity contribution is 0.102. The fourth-order valence-electron chi connectivity index (χ4n) is 3.26. The molecule has 0 unspecified atom stereocenters. The summed E-state index contributed by atoms with van der Waals surface area (Å²) in [5, 5.41) is 3.84. The van der Waals surface area contributed by atoms with Crippen LogP contribution in [-0.4, -0.2) is 12.1 Å². The Bertz CT molecular complexity index is 930. The van der Waals surface area contributed by atoms with E-state index < -0.39 is 0 Å². The van der Waals surface area contributed by atoms with Gasteiger partial charge in [-0.05, 0) is 48.9 Å². The summed E-state index contributed by atoms with van der Waals surface area (Å²) in [7, 11) is 0. The lowest BCUT2D eigenvalue weighted by Crippen LogP contribution is -2.14. The molecule has 4 rings (SSSR count). The van der Waals surface area contributed by atoms with Crippen molar-refractivity contribution in [2.45, 2.75) is 25.7 Å². The van der Waals surface area contributed by atoms with Gasteiger partial charge in [0.15, 0.2) is 0 Å². The molecule has 0 saturated carbocycles. The predicted octanol–water partition coefficient (Wildman–Crippen LogP) is 5.63. The number of carbonyl (C=O) groups is 1. The number of aryl methyl sites for hydroxylation is 1. The summed E-state index contributed by atoms with van der Waals surface area (Å²) in [6.45, 7) is 0. The van der Waals surface area contributed by atoms with Gasteiger partial charge in [0.05, 0.1) is 5.56 Å². The van der Waals surface area contributed by atoms with Crippen LogP contribution in [0.4, 0.5) is 10.7 Å². The molecule has 0 bridgehead atoms. The van der Waals surface area contributed by atoms with Crippen LogP contribution in [-0.2, 0) is 12.8 Å². The number of fused-ring (bicyclic) bond motifs is 1. The molecule has 130 valence electrons. The van der Waals surface area contributed by atoms with Gasteiger partial charge in [0.2, 0.25) is 0 Å². The Kier molecular flexibility index (Phi) is 4.93. The zero-order chi connectivity index (χ0) is 17.8. The van der Waals surface area contributed by atoms with E-state index in [4.69, 9.17) is 0 Å². The van der Waals surface area contributed by atoms with E-state index in [1.165, 1.54) is 16.9 Å². The van der Waals surface area contributed by atoms with Crippen LogP contribution in [0.25, 0.3) is 0 Å². The fourth-order valence-corrected chi connectivity index (χ4v) is 4.49. The second kappa shape index (κ2) is 7.67. The van der Waals surface area contributed by atoms with Crippen LogP contribution in [0.5, 0.6) is 0 Å². The topological polar surface area (TPSA) is 41.5 Å². The number of thiophene rings is 1. The molecule has 26 heavy (non-hydrogen) atoms. The zero-order valence-electron chi connectivity index (χ0n) is 14.4. The molecular weight excluding hydrogens is 340 g/mol. The van der Waals surface area contributed by atoms with Crippen molar-refractivity contribution >= 4 is 34.1 Å². The SMILES string of the molecule is O=C(Nc1ccccc1)c1c(N=Cc2ccccc2)sc2c1CCCC2. The first-order chi connectivity index (χ1) is 12.8. The first-order valence-corrected chi connectivity index (χ1v) is 9.73. The van der Waals surface area contributed by atoms with E-state index in [0.29, 0.717) is 0 Å². The molecular formula is C22H20N2OS. The van der Waals surface area contributed by atoms with Gasteiger partial charge in [0.1, 0.15) is 5.00 Å². The lowest BCUT2D eigenvalue weighted by Gasteiger charge is -2.12. The van der Waals surface area contributed by atoms with Crippen LogP contribution in [0.2, 0.25) is 0 Å². The van der Waals surface area contributed by atoms with E-state index in [0.717, 1.165) is 41.1 Å². The fraction of sp³-hybridized carbons (Fsp3) is 0.182. The van der Waals surface area contributed by atoms with Crippen LogP contribution in [0.15, 0.2) is 65.7 Å². The third-order valence-electron chi connectivity index (χ3n) is 4.54. The first kappa shape index (κ1) is 16.7. The van der Waals surface area contributed by atoms with Crippen molar-refractivity contribution < 1.29 is 4.79 Å². The standard InChI is InChI=1S/C22H20N2OS/c25-21(24-17-11-5-2-6-12-17)20-18-13-7-8-14-19(18)26-22(20)23-15-16-9-3-1-4-10-16/h1-6,9-12,15H,7-8,13-14H2,(H,24,25). The number of rotatable bonds is 4. The number of aliphatic imine (C=N–C) groups is 1. The normalized spacial score (nSPS) is 13.5. The maximum atomic E-state index is 13.0. The summed E-state index contributed by atoms with van der Waals surface area (Å²) in [6.07, 6.45) is 6.18. The quantitative estimate of drug-likeness (QED) is 0.602. The van der Waals surface area contributed by atoms with Crippen LogP contribution >= 0.6 is 11.3 Å². The molecule has 0 atom stereocenters. The van der Waals surface area contributed by atoms with Crippen LogP contribution in [0.1, 0.15) is 39.2 Å². The Morgan fingerprint density at radius 2 is 1.65 bits per heavy atom. The highest BCUT2D eigenvalue weighted by atomic mass is 32.1. The van der Waals surface area contributed by atoms with Crippen LogP contribution in [0.3, 0.4) is 0 Å². The number of carbonyl (C=O) groups excluding carboxylic acids is 1. The number of nitrogens with one attached hydrogen (secondary N) is 1. The summed E-state index contributed by atoms with van der Waals surface area (Å²) in [5.74, 6) is -0.0594. The third kappa shape index (κ3) is 3.60. The molecule has 0 fully saturated rings. The van der Waals surface area contributed by atoms with Gasteiger partial charge in [0.25, 0.3) is 5.91 Å². The van der Waals surface area contributed by atoms with Crippen molar-refractivity contribution in [1.29, 1.82) is 0 Å². The van der Waals surface area contributed by atoms with Crippen molar-refractivity contribution in [3.8, 4) is 0 Å². The van der Waals surface area contributed by atoms with Crippen molar-refractivity contribution in [1.82, 2.24) is 0 Å². The number of amides is 1. The summed E-state index contributed by atoms with van der Waals surface area (Å²) in [4.78, 5) is 19.0. The van der Waals surface area contributed by atoms with Gasteiger partial charge < -0.3 is 5.32 Å². The second-order valence-corrected chi connectivity index (χ2v) is 7.46. The number of benzene rings is 2. The van der Waals surface area contributed by atoms with Crippen molar-refractivity contribution in [3.63, 3.8) is 0 Å². The summed E-state index contributed by atoms with van der Waals surface area (Å²) < 4.78 is 0. The van der Waals surface area contributed by atoms with Crippen molar-refractivity contribution in [2.75, 3.05) is 5.32 Å². The highest BCUT2D eigenvalue weighted by molar-refractivity contribution is 7.16. The average molecular weight is 360 g/mol. The Labute approximate surface area is 157 Å². The molecule has 4 heteroatoms. The molecule has 0 saturated heterocycles. The molecule has 1 aromatic heterocycles. The molecule has 3 aromatic rings. The van der Waals surface area contributed by atoms with Crippen molar-refractivity contribution in [3.05, 3.63) is 82.2 Å². The Morgan fingerprint density at radius 3 is 2.42 bits per heavy atom. The summed E-state index contributed by atoms with van der Waals surface area (Å²) in [6, 6.07) is 19.6. The lowest BCUT2D eigenvalue weighted by atomic mass is 9.95. The highest BCUT2D eigenvalue weighted by Crippen LogP contribution is 2.40. The smallest absolute Gasteiger partial charge is 0.259 e. The zero-order valence-corrected chi connectivity index (χ0v) is 15.3. The number of nitrogens with zero attached hydrogens (tertiary/aromatic N) is 1. The van der Waals surface area contributed by atoms with E-state index in [-0.39, 0.29) is 5.91 Å². The molecule has 1 aliphatic rings. The number of hydrogen-bond acceptors (Lipinski definition) is 3. The minimum atomic E-state index is -0.0594. The first-order valence-electron chi connectivity index (χ1n) is 8.91. The van der Waals surface area contributed by atoms with Gasteiger partial charge in [-0.3, -0.25) is 4.79 Å². The van der Waals surface area contributed by atoms with Gasteiger partial charge in [0, 0.05) is 16.8 Å². The number of anilines is 1. The molecule has 1 aliphatic carbocycles. The van der Waals surface area contributed by atoms with E-state index in [2.05, 4.69) is 10.3 Å². The predicted molar refractivity (Wildman–Crippen MR) is 109 cm³/mol. The van der Waals surface area contributed by atoms with Gasteiger partial charge in [-0.2, -0.15) is 0 Å². The molecule has 0 spiro atoms. The molecule has 1 N–H and O–H groups in total. The highest BCUT2D eigenvalue weighted by Gasteiger charge is 2.25. The molecule has 0 aliphatic heterocycles. The molecule has 2 aromatic carbocycles. The minimum Gasteiger partial charge on any atom is -0.322 e. The van der Waals surface area contributed by atoms with E-state index in [1.807, 2.05) is 66.9 Å². The number of para-hydroxylation sites is 1. The van der Waals surface area contributed by atoms with Crippen LogP contribution < -0.4 is 5.32 Å². The summed E-state index contributed by atoms with van der Waals surface area (Å²) >= 11 is 1.66. The van der Waals surface area contributed by atoms with Gasteiger partial charge >= 0.3 is 0 Å². The Hall–Kier alpha value is -2.72. The van der Waals surface area contributed by atoms with Gasteiger partial charge in [-0.25, -0.2) is 4.99 Å². The molecule has 1 amide bonds. The van der Waals surface area contributed by atoms with E-state index in [1.54, 1.807) is 11.3 Å². The second-order valence-electron chi connectivity index (χ2n) is 6.38. The van der Waals surface area contributed by atoms with E-state index >= 15 is 0 Å². The maximum Gasteiger partial charge on any atom is 0.259 e. The monoisotopic (exact) mass is 360 g/mol. The van der Waals surface area contributed by atoms with Gasteiger partial charge in [-0.15, -0.1) is 11.3 Å². The third-order valence-corrected chi connectivity index (χ3v) is 5.74. The van der Waals surface area contributed by atoms with Crippen LogP contribution in [0, 0.1) is 0 Å². The molecule has 0 radical (unpaired) electrons. The largest absolute Gasteiger partial charge is 0.322 e. The summed E-state index contributed by atoms with van der Waals surface area (Å²) in [5.41, 5.74) is 3.79. The van der Waals surface area contributed by atoms with Gasteiger partial charge in [-0.1, -0.05) is 48.5 Å². The Balaban J connectivity index is 1.68. The van der Waals surface area contributed by atoms with E-state index in [9.17, 15) is 4.79 Å². The number of hydrogen-bond donors (Lipinski definition) is 1. The molecule has 1 heterocycles. The average Bonchev–Trinajstić information content (AvgIpc) is 3.06. The maximum absolute atomic E-state index is 13.0. The van der Waals surface area contributed by atoms with Crippen molar-refractivity contribution in [2.24, 2.45) is 4.99 Å². The molecule has 3 nitrogen and oxygen atoms in total.